The maximum Gasteiger partial charge on any atom is 0.0897 e. The van der Waals surface area contributed by atoms with Crippen LogP contribution in [0.5, 0.6) is 0 Å². The summed E-state index contributed by atoms with van der Waals surface area (Å²) >= 11 is 1.78. The van der Waals surface area contributed by atoms with Crippen molar-refractivity contribution in [2.24, 2.45) is 5.92 Å². The van der Waals surface area contributed by atoms with Crippen LogP contribution in [0.15, 0.2) is 6.20 Å². The average Bonchev–Trinajstić information content (AvgIpc) is 2.48. The van der Waals surface area contributed by atoms with E-state index >= 15 is 0 Å². The lowest BCUT2D eigenvalue weighted by molar-refractivity contribution is 0.322. The van der Waals surface area contributed by atoms with Crippen molar-refractivity contribution in [3.05, 3.63) is 16.1 Å². The van der Waals surface area contributed by atoms with Crippen molar-refractivity contribution in [3.8, 4) is 0 Å². The Kier molecular flexibility index (Phi) is 3.50. The summed E-state index contributed by atoms with van der Waals surface area (Å²) in [5.41, 5.74) is 0. The van der Waals surface area contributed by atoms with Crippen LogP contribution in [-0.4, -0.2) is 24.6 Å². The molecule has 1 saturated heterocycles. The Bertz CT molecular complexity index is 281. The third-order valence-corrected chi connectivity index (χ3v) is 3.48. The molecule has 0 unspecified atom stereocenters. The number of aromatic nitrogens is 1. The predicted octanol–water partition coefficient (Wildman–Crippen LogP) is 1.15. The highest BCUT2D eigenvalue weighted by Crippen LogP contribution is 2.11. The van der Waals surface area contributed by atoms with Gasteiger partial charge in [-0.1, -0.05) is 0 Å². The maximum atomic E-state index is 4.23. The molecule has 1 aliphatic heterocycles. The lowest BCUT2D eigenvalue weighted by atomic mass is 10.00. The standard InChI is InChI=1S/C10H17N3S/c1-8-13-7-10(14-8)6-11-3-2-9-4-12-5-9/h7,9,11-12H,2-6H2,1H3. The van der Waals surface area contributed by atoms with Gasteiger partial charge in [0.25, 0.3) is 0 Å². The van der Waals surface area contributed by atoms with Crippen LogP contribution in [0.2, 0.25) is 0 Å². The fourth-order valence-electron chi connectivity index (χ4n) is 1.56. The van der Waals surface area contributed by atoms with Crippen molar-refractivity contribution in [2.75, 3.05) is 19.6 Å². The van der Waals surface area contributed by atoms with Gasteiger partial charge < -0.3 is 10.6 Å². The molecule has 3 nitrogen and oxygen atoms in total. The van der Waals surface area contributed by atoms with E-state index in [2.05, 4.69) is 15.6 Å². The zero-order chi connectivity index (χ0) is 9.80. The summed E-state index contributed by atoms with van der Waals surface area (Å²) in [6.45, 7) is 6.58. The number of aryl methyl sites for hydroxylation is 1. The molecule has 2 rings (SSSR count). The maximum absolute atomic E-state index is 4.23. The molecule has 4 heteroatoms. The summed E-state index contributed by atoms with van der Waals surface area (Å²) in [6, 6.07) is 0. The first-order valence-electron chi connectivity index (χ1n) is 5.17. The molecule has 0 amide bonds. The third kappa shape index (κ3) is 2.77. The minimum atomic E-state index is 0.908. The highest BCUT2D eigenvalue weighted by molar-refractivity contribution is 7.11. The zero-order valence-corrected chi connectivity index (χ0v) is 9.36. The van der Waals surface area contributed by atoms with Crippen molar-refractivity contribution in [3.63, 3.8) is 0 Å². The van der Waals surface area contributed by atoms with Gasteiger partial charge in [-0.3, -0.25) is 0 Å². The molecule has 1 fully saturated rings. The molecule has 0 aromatic carbocycles. The molecule has 0 saturated carbocycles. The van der Waals surface area contributed by atoms with E-state index in [1.54, 1.807) is 11.3 Å². The summed E-state index contributed by atoms with van der Waals surface area (Å²) in [7, 11) is 0. The van der Waals surface area contributed by atoms with Crippen LogP contribution < -0.4 is 10.6 Å². The van der Waals surface area contributed by atoms with Crippen molar-refractivity contribution >= 4 is 11.3 Å². The topological polar surface area (TPSA) is 37.0 Å². The van der Waals surface area contributed by atoms with Gasteiger partial charge in [0.15, 0.2) is 0 Å². The predicted molar refractivity (Wildman–Crippen MR) is 59.5 cm³/mol. The summed E-state index contributed by atoms with van der Waals surface area (Å²) in [4.78, 5) is 5.57. The Morgan fingerprint density at radius 2 is 2.50 bits per heavy atom. The van der Waals surface area contributed by atoms with Gasteiger partial charge in [0.05, 0.1) is 5.01 Å². The highest BCUT2D eigenvalue weighted by Gasteiger charge is 2.15. The van der Waals surface area contributed by atoms with Crippen molar-refractivity contribution in [2.45, 2.75) is 19.9 Å². The zero-order valence-electron chi connectivity index (χ0n) is 8.55. The van der Waals surface area contributed by atoms with E-state index in [1.807, 2.05) is 13.1 Å². The van der Waals surface area contributed by atoms with Crippen LogP contribution in [0.1, 0.15) is 16.3 Å². The summed E-state index contributed by atoms with van der Waals surface area (Å²) in [6.07, 6.45) is 3.27. The Labute approximate surface area is 88.9 Å². The molecular weight excluding hydrogens is 194 g/mol. The smallest absolute Gasteiger partial charge is 0.0897 e. The molecule has 1 aromatic heterocycles. The number of rotatable bonds is 5. The summed E-state index contributed by atoms with van der Waals surface area (Å²) in [5.74, 6) is 0.908. The molecular formula is C10H17N3S. The molecule has 2 heterocycles. The Hall–Kier alpha value is -0.450. The largest absolute Gasteiger partial charge is 0.316 e. The second-order valence-corrected chi connectivity index (χ2v) is 5.15. The minimum Gasteiger partial charge on any atom is -0.316 e. The van der Waals surface area contributed by atoms with Crippen molar-refractivity contribution < 1.29 is 0 Å². The molecule has 0 atom stereocenters. The summed E-state index contributed by atoms with van der Waals surface area (Å²) in [5, 5.41) is 7.90. The van der Waals surface area contributed by atoms with E-state index in [1.165, 1.54) is 24.4 Å². The third-order valence-electron chi connectivity index (χ3n) is 2.56. The van der Waals surface area contributed by atoms with Crippen LogP contribution in [0.3, 0.4) is 0 Å². The van der Waals surface area contributed by atoms with Gasteiger partial charge in [-0.2, -0.15) is 0 Å². The molecule has 1 aromatic rings. The fraction of sp³-hybridized carbons (Fsp3) is 0.700. The molecule has 0 spiro atoms. The van der Waals surface area contributed by atoms with E-state index in [-0.39, 0.29) is 0 Å². The number of hydrogen-bond donors (Lipinski definition) is 2. The molecule has 78 valence electrons. The van der Waals surface area contributed by atoms with Crippen LogP contribution in [0.4, 0.5) is 0 Å². The van der Waals surface area contributed by atoms with E-state index < -0.39 is 0 Å². The Morgan fingerprint density at radius 3 is 3.07 bits per heavy atom. The lowest BCUT2D eigenvalue weighted by Gasteiger charge is -2.26. The number of nitrogens with one attached hydrogen (secondary N) is 2. The highest BCUT2D eigenvalue weighted by atomic mass is 32.1. The molecule has 0 aliphatic carbocycles. The van der Waals surface area contributed by atoms with Gasteiger partial charge in [-0.05, 0) is 38.9 Å². The van der Waals surface area contributed by atoms with E-state index in [9.17, 15) is 0 Å². The summed E-state index contributed by atoms with van der Waals surface area (Å²) < 4.78 is 0. The van der Waals surface area contributed by atoms with Crippen molar-refractivity contribution in [1.82, 2.24) is 15.6 Å². The van der Waals surface area contributed by atoms with Gasteiger partial charge in [-0.15, -0.1) is 11.3 Å². The molecule has 0 radical (unpaired) electrons. The average molecular weight is 211 g/mol. The molecule has 14 heavy (non-hydrogen) atoms. The van der Waals surface area contributed by atoms with Gasteiger partial charge >= 0.3 is 0 Å². The molecule has 1 aliphatic rings. The minimum absolute atomic E-state index is 0.908. The van der Waals surface area contributed by atoms with E-state index in [0.717, 1.165) is 24.0 Å². The number of hydrogen-bond acceptors (Lipinski definition) is 4. The van der Waals surface area contributed by atoms with Crippen LogP contribution in [-0.2, 0) is 6.54 Å². The second-order valence-electron chi connectivity index (χ2n) is 3.84. The lowest BCUT2D eigenvalue weighted by Crippen LogP contribution is -2.43. The van der Waals surface area contributed by atoms with E-state index in [0.29, 0.717) is 0 Å². The van der Waals surface area contributed by atoms with Gasteiger partial charge in [-0.25, -0.2) is 4.98 Å². The van der Waals surface area contributed by atoms with Crippen LogP contribution >= 0.6 is 11.3 Å². The monoisotopic (exact) mass is 211 g/mol. The van der Waals surface area contributed by atoms with Gasteiger partial charge in [0.2, 0.25) is 0 Å². The first-order chi connectivity index (χ1) is 6.84. The van der Waals surface area contributed by atoms with Gasteiger partial charge in [0, 0.05) is 17.6 Å². The fourth-order valence-corrected chi connectivity index (χ4v) is 2.32. The van der Waals surface area contributed by atoms with Crippen LogP contribution in [0, 0.1) is 12.8 Å². The Balaban J connectivity index is 1.58. The normalized spacial score (nSPS) is 16.9. The Morgan fingerprint density at radius 1 is 1.64 bits per heavy atom. The van der Waals surface area contributed by atoms with Gasteiger partial charge in [0.1, 0.15) is 0 Å². The van der Waals surface area contributed by atoms with Crippen molar-refractivity contribution in [1.29, 1.82) is 0 Å². The van der Waals surface area contributed by atoms with Crippen LogP contribution in [0.25, 0.3) is 0 Å². The molecule has 0 bridgehead atoms. The number of thiazole rings is 1. The number of nitrogens with zero attached hydrogens (tertiary/aromatic N) is 1. The first kappa shape index (κ1) is 10.1. The molecule has 2 N–H and O–H groups in total. The quantitative estimate of drug-likeness (QED) is 0.717. The SMILES string of the molecule is Cc1ncc(CNCCC2CNC2)s1. The first-order valence-corrected chi connectivity index (χ1v) is 5.99. The van der Waals surface area contributed by atoms with E-state index in [4.69, 9.17) is 0 Å². The second kappa shape index (κ2) is 4.87.